The Kier molecular flexibility index (Phi) is 7.37. The lowest BCUT2D eigenvalue weighted by molar-refractivity contribution is -0.115. The second-order valence-corrected chi connectivity index (χ2v) is 6.15. The second kappa shape index (κ2) is 8.52. The van der Waals surface area contributed by atoms with Crippen LogP contribution in [0.1, 0.15) is 12.5 Å². The highest BCUT2D eigenvalue weighted by atomic mass is 35.5. The van der Waals surface area contributed by atoms with Crippen molar-refractivity contribution >= 4 is 35.0 Å². The van der Waals surface area contributed by atoms with Crippen LogP contribution in [0.4, 0.5) is 5.69 Å². The molecule has 1 rings (SSSR count). The molecule has 1 amide bonds. The summed E-state index contributed by atoms with van der Waals surface area (Å²) in [5.74, 6) is -0.125. The third-order valence-corrected chi connectivity index (χ3v) is 4.50. The van der Waals surface area contributed by atoms with E-state index in [-0.39, 0.29) is 30.4 Å². The number of halogens is 1. The van der Waals surface area contributed by atoms with E-state index in [1.807, 2.05) is 26.2 Å². The normalized spacial score (nSPS) is 13.8. The minimum Gasteiger partial charge on any atom is -0.395 e. The van der Waals surface area contributed by atoms with Crippen LogP contribution < -0.4 is 10.6 Å². The molecule has 0 spiro atoms. The predicted octanol–water partition coefficient (Wildman–Crippen LogP) is 2.29. The molecule has 0 aliphatic heterocycles. The zero-order valence-corrected chi connectivity index (χ0v) is 13.5. The minimum atomic E-state index is -0.125. The summed E-state index contributed by atoms with van der Waals surface area (Å²) in [7, 11) is 0. The molecule has 0 saturated carbocycles. The maximum Gasteiger partial charge on any atom is 0.238 e. The number of anilines is 1. The smallest absolute Gasteiger partial charge is 0.238 e. The number of rotatable bonds is 7. The molecule has 1 aromatic rings. The number of aryl methyl sites for hydroxylation is 1. The summed E-state index contributed by atoms with van der Waals surface area (Å²) in [6, 6.07) is 5.44. The number of hydrogen-bond donors (Lipinski definition) is 3. The molecule has 2 unspecified atom stereocenters. The quantitative estimate of drug-likeness (QED) is 0.722. The van der Waals surface area contributed by atoms with Crippen LogP contribution in [0.15, 0.2) is 18.2 Å². The Balaban J connectivity index is 2.50. The van der Waals surface area contributed by atoms with Crippen LogP contribution in [-0.2, 0) is 4.79 Å². The number of hydrogen-bond acceptors (Lipinski definition) is 4. The third-order valence-electron chi connectivity index (χ3n) is 3.10. The Labute approximate surface area is 129 Å². The maximum absolute atomic E-state index is 11.9. The lowest BCUT2D eigenvalue weighted by atomic mass is 10.2. The molecule has 2 atom stereocenters. The van der Waals surface area contributed by atoms with E-state index in [1.165, 1.54) is 0 Å². The van der Waals surface area contributed by atoms with Crippen molar-refractivity contribution in [2.24, 2.45) is 0 Å². The first-order chi connectivity index (χ1) is 9.47. The summed E-state index contributed by atoms with van der Waals surface area (Å²) in [6.45, 7) is 4.15. The van der Waals surface area contributed by atoms with E-state index in [4.69, 9.17) is 11.6 Å². The molecule has 3 N–H and O–H groups in total. The Morgan fingerprint density at radius 3 is 2.80 bits per heavy atom. The third kappa shape index (κ3) is 5.32. The standard InChI is InChI=1S/C14H21ClN2O2S/c1-9-4-5-11(15)6-12(9)17-14(19)7-16-10(2)13(8-18)20-3/h4-6,10,13,16,18H,7-8H2,1-3H3,(H,17,19). The molecule has 4 nitrogen and oxygen atoms in total. The number of carbonyl (C=O) groups excluding carboxylic acids is 1. The van der Waals surface area contributed by atoms with Gasteiger partial charge in [0.15, 0.2) is 0 Å². The van der Waals surface area contributed by atoms with Crippen molar-refractivity contribution < 1.29 is 9.90 Å². The number of amides is 1. The molecule has 0 heterocycles. The van der Waals surface area contributed by atoms with Gasteiger partial charge in [0, 0.05) is 22.0 Å². The molecule has 0 bridgehead atoms. The first-order valence-electron chi connectivity index (χ1n) is 6.41. The molecule has 0 aromatic heterocycles. The summed E-state index contributed by atoms with van der Waals surface area (Å²) in [5.41, 5.74) is 1.69. The van der Waals surface area contributed by atoms with E-state index in [0.717, 1.165) is 11.3 Å². The lowest BCUT2D eigenvalue weighted by Gasteiger charge is -2.21. The topological polar surface area (TPSA) is 61.4 Å². The maximum atomic E-state index is 11.9. The van der Waals surface area contributed by atoms with Crippen molar-refractivity contribution in [3.8, 4) is 0 Å². The first-order valence-corrected chi connectivity index (χ1v) is 8.07. The highest BCUT2D eigenvalue weighted by Gasteiger charge is 2.15. The zero-order chi connectivity index (χ0) is 15.1. The molecule has 6 heteroatoms. The van der Waals surface area contributed by atoms with Gasteiger partial charge in [-0.2, -0.15) is 11.8 Å². The van der Waals surface area contributed by atoms with Gasteiger partial charge in [0.2, 0.25) is 5.91 Å². The van der Waals surface area contributed by atoms with Crippen molar-refractivity contribution in [2.75, 3.05) is 24.7 Å². The van der Waals surface area contributed by atoms with Crippen molar-refractivity contribution in [3.63, 3.8) is 0 Å². The highest BCUT2D eigenvalue weighted by molar-refractivity contribution is 7.99. The van der Waals surface area contributed by atoms with Gasteiger partial charge in [-0.15, -0.1) is 0 Å². The Morgan fingerprint density at radius 2 is 2.20 bits per heavy atom. The first kappa shape index (κ1) is 17.3. The largest absolute Gasteiger partial charge is 0.395 e. The van der Waals surface area contributed by atoms with Gasteiger partial charge in [0.05, 0.1) is 13.2 Å². The van der Waals surface area contributed by atoms with E-state index in [0.29, 0.717) is 5.02 Å². The van der Waals surface area contributed by atoms with Crippen LogP contribution in [0.2, 0.25) is 5.02 Å². The van der Waals surface area contributed by atoms with Crippen molar-refractivity contribution in [3.05, 3.63) is 28.8 Å². The minimum absolute atomic E-state index is 0.0567. The summed E-state index contributed by atoms with van der Waals surface area (Å²) < 4.78 is 0. The number of benzene rings is 1. The molecule has 1 aromatic carbocycles. The molecule has 0 saturated heterocycles. The van der Waals surface area contributed by atoms with Crippen molar-refractivity contribution in [1.82, 2.24) is 5.32 Å². The Bertz CT molecular complexity index is 453. The van der Waals surface area contributed by atoms with E-state index >= 15 is 0 Å². The van der Waals surface area contributed by atoms with Gasteiger partial charge in [0.25, 0.3) is 0 Å². The Hall–Kier alpha value is -0.750. The second-order valence-electron chi connectivity index (χ2n) is 4.63. The van der Waals surface area contributed by atoms with Gasteiger partial charge in [-0.3, -0.25) is 4.79 Å². The average Bonchev–Trinajstić information content (AvgIpc) is 2.42. The lowest BCUT2D eigenvalue weighted by Crippen LogP contribution is -2.41. The summed E-state index contributed by atoms with van der Waals surface area (Å²) in [4.78, 5) is 11.9. The molecule has 0 aliphatic rings. The molecule has 0 radical (unpaired) electrons. The summed E-state index contributed by atoms with van der Waals surface area (Å²) in [6.07, 6.45) is 1.94. The van der Waals surface area contributed by atoms with E-state index in [9.17, 15) is 9.90 Å². The van der Waals surface area contributed by atoms with Gasteiger partial charge in [-0.25, -0.2) is 0 Å². The molecule has 0 fully saturated rings. The number of aliphatic hydroxyl groups excluding tert-OH is 1. The predicted molar refractivity (Wildman–Crippen MR) is 86.7 cm³/mol. The van der Waals surface area contributed by atoms with E-state index < -0.39 is 0 Å². The fourth-order valence-electron chi connectivity index (χ4n) is 1.75. The summed E-state index contributed by atoms with van der Waals surface area (Å²) >= 11 is 7.49. The average molecular weight is 317 g/mol. The highest BCUT2D eigenvalue weighted by Crippen LogP contribution is 2.19. The van der Waals surface area contributed by atoms with Gasteiger partial charge >= 0.3 is 0 Å². The molecule has 0 aliphatic carbocycles. The Morgan fingerprint density at radius 1 is 1.50 bits per heavy atom. The van der Waals surface area contributed by atoms with Gasteiger partial charge in [0.1, 0.15) is 0 Å². The number of carbonyl (C=O) groups is 1. The zero-order valence-electron chi connectivity index (χ0n) is 11.9. The number of nitrogens with one attached hydrogen (secondary N) is 2. The molecule has 112 valence electrons. The summed E-state index contributed by atoms with van der Waals surface area (Å²) in [5, 5.41) is 15.8. The fourth-order valence-corrected chi connectivity index (χ4v) is 2.57. The van der Waals surface area contributed by atoms with Crippen LogP contribution in [0, 0.1) is 6.92 Å². The van der Waals surface area contributed by atoms with Gasteiger partial charge in [-0.05, 0) is 37.8 Å². The molecule has 20 heavy (non-hydrogen) atoms. The molecular formula is C14H21ClN2O2S. The number of thioether (sulfide) groups is 1. The van der Waals surface area contributed by atoms with Crippen LogP contribution in [0.5, 0.6) is 0 Å². The van der Waals surface area contributed by atoms with Gasteiger partial charge in [-0.1, -0.05) is 17.7 Å². The van der Waals surface area contributed by atoms with Crippen molar-refractivity contribution in [1.29, 1.82) is 0 Å². The van der Waals surface area contributed by atoms with Crippen LogP contribution in [0.3, 0.4) is 0 Å². The van der Waals surface area contributed by atoms with E-state index in [2.05, 4.69) is 10.6 Å². The molecular weight excluding hydrogens is 296 g/mol. The number of aliphatic hydroxyl groups is 1. The van der Waals surface area contributed by atoms with Crippen LogP contribution >= 0.6 is 23.4 Å². The van der Waals surface area contributed by atoms with Gasteiger partial charge < -0.3 is 15.7 Å². The van der Waals surface area contributed by atoms with Crippen molar-refractivity contribution in [2.45, 2.75) is 25.1 Å². The van der Waals surface area contributed by atoms with Crippen LogP contribution in [-0.4, -0.2) is 41.7 Å². The van der Waals surface area contributed by atoms with Crippen LogP contribution in [0.25, 0.3) is 0 Å². The SMILES string of the molecule is CSC(CO)C(C)NCC(=O)Nc1cc(Cl)ccc1C. The van der Waals surface area contributed by atoms with E-state index in [1.54, 1.807) is 23.9 Å². The fraction of sp³-hybridized carbons (Fsp3) is 0.500. The monoisotopic (exact) mass is 316 g/mol.